The number of halogens is 1. The van der Waals surface area contributed by atoms with Crippen molar-refractivity contribution in [1.29, 1.82) is 0 Å². The second kappa shape index (κ2) is 3.99. The molecule has 2 aliphatic carbocycles. The van der Waals surface area contributed by atoms with E-state index in [0.717, 1.165) is 6.42 Å². The van der Waals surface area contributed by atoms with E-state index in [2.05, 4.69) is 0 Å². The molecule has 0 aliphatic heterocycles. The largest absolute Gasteiger partial charge is 0.290 e. The van der Waals surface area contributed by atoms with E-state index in [0.29, 0.717) is 5.57 Å². The zero-order chi connectivity index (χ0) is 10.8. The van der Waals surface area contributed by atoms with Crippen molar-refractivity contribution in [3.8, 4) is 0 Å². The second-order valence-electron chi connectivity index (χ2n) is 3.48. The number of carbonyl (C=O) groups is 2. The van der Waals surface area contributed by atoms with Gasteiger partial charge < -0.3 is 0 Å². The van der Waals surface area contributed by atoms with Crippen molar-refractivity contribution in [3.63, 3.8) is 0 Å². The van der Waals surface area contributed by atoms with Crippen LogP contribution in [0.15, 0.2) is 47.1 Å². The van der Waals surface area contributed by atoms with Gasteiger partial charge in [0.1, 0.15) is 0 Å². The van der Waals surface area contributed by atoms with Crippen LogP contribution in [-0.2, 0) is 9.59 Å². The Morgan fingerprint density at radius 3 is 2.60 bits per heavy atom. The minimum absolute atomic E-state index is 0.000851. The summed E-state index contributed by atoms with van der Waals surface area (Å²) in [6.07, 6.45) is 11.0. The normalized spacial score (nSPS) is 25.3. The lowest BCUT2D eigenvalue weighted by Crippen LogP contribution is -2.17. The van der Waals surface area contributed by atoms with Gasteiger partial charge in [-0.2, -0.15) is 0 Å². The maximum Gasteiger partial charge on any atom is 0.197 e. The molecule has 0 heterocycles. The minimum atomic E-state index is -0.283. The number of carbonyl (C=O) groups excluding carboxylic acids is 2. The first kappa shape index (κ1) is 10.1. The van der Waals surface area contributed by atoms with Crippen molar-refractivity contribution in [1.82, 2.24) is 0 Å². The molecular formula is C12H9ClO2. The lowest BCUT2D eigenvalue weighted by Gasteiger charge is -2.17. The van der Waals surface area contributed by atoms with Crippen LogP contribution < -0.4 is 0 Å². The highest BCUT2D eigenvalue weighted by atomic mass is 35.5. The third-order valence-electron chi connectivity index (χ3n) is 2.44. The molecule has 1 unspecified atom stereocenters. The van der Waals surface area contributed by atoms with E-state index in [9.17, 15) is 9.59 Å². The van der Waals surface area contributed by atoms with Crippen LogP contribution >= 0.6 is 11.6 Å². The molecule has 0 saturated heterocycles. The average molecular weight is 221 g/mol. The van der Waals surface area contributed by atoms with E-state index in [1.54, 1.807) is 0 Å². The molecule has 3 heteroatoms. The van der Waals surface area contributed by atoms with Gasteiger partial charge in [-0.25, -0.2) is 0 Å². The summed E-state index contributed by atoms with van der Waals surface area (Å²) in [5.41, 5.74) is 0.532. The van der Waals surface area contributed by atoms with Crippen molar-refractivity contribution in [2.24, 2.45) is 5.92 Å². The summed E-state index contributed by atoms with van der Waals surface area (Å²) in [5.74, 6) is -0.439. The molecule has 0 bridgehead atoms. The van der Waals surface area contributed by atoms with Gasteiger partial charge in [0.15, 0.2) is 11.6 Å². The Bertz CT molecular complexity index is 439. The first-order chi connectivity index (χ1) is 7.18. The Hall–Kier alpha value is -1.41. The highest BCUT2D eigenvalue weighted by Crippen LogP contribution is 2.26. The maximum absolute atomic E-state index is 11.6. The highest BCUT2D eigenvalue weighted by molar-refractivity contribution is 6.47. The molecule has 2 nitrogen and oxygen atoms in total. The van der Waals surface area contributed by atoms with E-state index in [-0.39, 0.29) is 22.5 Å². The Kier molecular flexibility index (Phi) is 2.69. The highest BCUT2D eigenvalue weighted by Gasteiger charge is 2.23. The van der Waals surface area contributed by atoms with Gasteiger partial charge in [0.25, 0.3) is 0 Å². The van der Waals surface area contributed by atoms with Gasteiger partial charge >= 0.3 is 0 Å². The molecule has 0 aromatic heterocycles. The summed E-state index contributed by atoms with van der Waals surface area (Å²) in [4.78, 5) is 22.9. The molecule has 0 amide bonds. The molecule has 0 spiro atoms. The number of hydrogen-bond donors (Lipinski definition) is 0. The number of ketones is 2. The molecule has 76 valence electrons. The third-order valence-corrected chi connectivity index (χ3v) is 2.74. The van der Waals surface area contributed by atoms with E-state index in [1.165, 1.54) is 12.2 Å². The number of rotatable bonds is 1. The lowest BCUT2D eigenvalue weighted by molar-refractivity contribution is -0.115. The fourth-order valence-electron chi connectivity index (χ4n) is 1.65. The molecule has 0 N–H and O–H groups in total. The van der Waals surface area contributed by atoms with Gasteiger partial charge in [-0.05, 0) is 12.5 Å². The molecule has 2 aliphatic rings. The predicted molar refractivity (Wildman–Crippen MR) is 58.4 cm³/mol. The van der Waals surface area contributed by atoms with Crippen molar-refractivity contribution in [3.05, 3.63) is 47.1 Å². The van der Waals surface area contributed by atoms with Crippen molar-refractivity contribution < 1.29 is 9.59 Å². The Balaban J connectivity index is 2.27. The summed E-state index contributed by atoms with van der Waals surface area (Å²) in [6.45, 7) is 0. The zero-order valence-electron chi connectivity index (χ0n) is 7.94. The molecule has 15 heavy (non-hydrogen) atoms. The van der Waals surface area contributed by atoms with E-state index >= 15 is 0 Å². The van der Waals surface area contributed by atoms with Crippen LogP contribution in [-0.4, -0.2) is 11.6 Å². The molecule has 0 aromatic carbocycles. The van der Waals surface area contributed by atoms with Crippen LogP contribution in [0.2, 0.25) is 0 Å². The van der Waals surface area contributed by atoms with Gasteiger partial charge in [-0.3, -0.25) is 9.59 Å². The molecule has 0 fully saturated rings. The Morgan fingerprint density at radius 2 is 1.93 bits per heavy atom. The lowest BCUT2D eigenvalue weighted by atomic mass is 9.87. The van der Waals surface area contributed by atoms with Crippen LogP contribution in [0.1, 0.15) is 6.42 Å². The Morgan fingerprint density at radius 1 is 1.13 bits per heavy atom. The fraction of sp³-hybridized carbons (Fsp3) is 0.167. The molecular weight excluding hydrogens is 212 g/mol. The maximum atomic E-state index is 11.6. The average Bonchev–Trinajstić information content (AvgIpc) is 2.25. The SMILES string of the molecule is O=C1C=C(C2C=CC=CC2)C(=O)C=C1Cl. The first-order valence-electron chi connectivity index (χ1n) is 4.69. The molecule has 0 aromatic rings. The van der Waals surface area contributed by atoms with Crippen LogP contribution in [0, 0.1) is 5.92 Å². The van der Waals surface area contributed by atoms with Crippen molar-refractivity contribution >= 4 is 23.2 Å². The summed E-state index contributed by atoms with van der Waals surface area (Å²) in [5, 5.41) is -0.000851. The molecule has 0 radical (unpaired) electrons. The molecule has 0 saturated carbocycles. The van der Waals surface area contributed by atoms with Crippen LogP contribution in [0.3, 0.4) is 0 Å². The smallest absolute Gasteiger partial charge is 0.197 e. The van der Waals surface area contributed by atoms with Gasteiger partial charge in [-0.15, -0.1) is 0 Å². The first-order valence-corrected chi connectivity index (χ1v) is 5.07. The van der Waals surface area contributed by atoms with Gasteiger partial charge in [-0.1, -0.05) is 35.9 Å². The monoisotopic (exact) mass is 220 g/mol. The minimum Gasteiger partial charge on any atom is -0.290 e. The summed E-state index contributed by atoms with van der Waals surface area (Å²) < 4.78 is 0. The van der Waals surface area contributed by atoms with Crippen LogP contribution in [0.25, 0.3) is 0 Å². The Labute approximate surface area is 92.6 Å². The second-order valence-corrected chi connectivity index (χ2v) is 3.88. The van der Waals surface area contributed by atoms with Gasteiger partial charge in [0.05, 0.1) is 5.03 Å². The molecule has 2 rings (SSSR count). The predicted octanol–water partition coefficient (Wildman–Crippen LogP) is 2.32. The topological polar surface area (TPSA) is 34.1 Å². The number of allylic oxidation sites excluding steroid dienone is 8. The quantitative estimate of drug-likeness (QED) is 0.636. The molecule has 1 atom stereocenters. The number of hydrogen-bond acceptors (Lipinski definition) is 2. The summed E-state index contributed by atoms with van der Waals surface area (Å²) in [7, 11) is 0. The standard InChI is InChI=1S/C12H9ClO2/c13-10-7-11(14)9(6-12(10)15)8-4-2-1-3-5-8/h1-4,6-8H,5H2. The van der Waals surface area contributed by atoms with Gasteiger partial charge in [0.2, 0.25) is 0 Å². The fourth-order valence-corrected chi connectivity index (χ4v) is 1.81. The van der Waals surface area contributed by atoms with Crippen molar-refractivity contribution in [2.45, 2.75) is 6.42 Å². The van der Waals surface area contributed by atoms with Crippen molar-refractivity contribution in [2.75, 3.05) is 0 Å². The van der Waals surface area contributed by atoms with E-state index < -0.39 is 0 Å². The van der Waals surface area contributed by atoms with Crippen LogP contribution in [0.5, 0.6) is 0 Å². The zero-order valence-corrected chi connectivity index (χ0v) is 8.70. The van der Waals surface area contributed by atoms with Crippen LogP contribution in [0.4, 0.5) is 0 Å². The summed E-state index contributed by atoms with van der Waals surface area (Å²) in [6, 6.07) is 0. The van der Waals surface area contributed by atoms with E-state index in [1.807, 2.05) is 24.3 Å². The van der Waals surface area contributed by atoms with Gasteiger partial charge in [0, 0.05) is 17.6 Å². The van der Waals surface area contributed by atoms with E-state index in [4.69, 9.17) is 11.6 Å². The summed E-state index contributed by atoms with van der Waals surface area (Å²) >= 11 is 5.58. The third kappa shape index (κ3) is 2.00.